The molecule has 0 unspecified atom stereocenters. The molecule has 2 nitrogen and oxygen atoms in total. The molecule has 42 heavy (non-hydrogen) atoms. The normalized spacial score (nSPS) is 11.8. The molecular formula is C38H22N2S2. The molecule has 0 N–H and O–H groups in total. The summed E-state index contributed by atoms with van der Waals surface area (Å²) in [6, 6.07) is 45.8. The summed E-state index contributed by atoms with van der Waals surface area (Å²) in [5.74, 6) is 0. The molecule has 0 atom stereocenters. The average molecular weight is 571 g/mol. The van der Waals surface area contributed by atoms with E-state index in [-0.39, 0.29) is 0 Å². The first-order chi connectivity index (χ1) is 20.8. The first kappa shape index (κ1) is 23.8. The van der Waals surface area contributed by atoms with Crippen molar-refractivity contribution in [1.82, 2.24) is 9.97 Å². The number of aromatic nitrogens is 2. The van der Waals surface area contributed by atoms with Crippen molar-refractivity contribution in [1.29, 1.82) is 0 Å². The van der Waals surface area contributed by atoms with Gasteiger partial charge in [-0.25, -0.2) is 9.97 Å². The van der Waals surface area contributed by atoms with Crippen LogP contribution in [0.5, 0.6) is 0 Å². The lowest BCUT2D eigenvalue weighted by Gasteiger charge is -2.08. The van der Waals surface area contributed by atoms with Crippen LogP contribution in [0.1, 0.15) is 0 Å². The van der Waals surface area contributed by atoms with E-state index < -0.39 is 0 Å². The molecule has 3 aromatic heterocycles. The van der Waals surface area contributed by atoms with Crippen LogP contribution in [0, 0.1) is 0 Å². The largest absolute Gasteiger partial charge is 0.243 e. The lowest BCUT2D eigenvalue weighted by molar-refractivity contribution is 1.32. The summed E-state index contributed by atoms with van der Waals surface area (Å²) in [6.45, 7) is 0. The number of hydrogen-bond acceptors (Lipinski definition) is 4. The van der Waals surface area contributed by atoms with Gasteiger partial charge in [0.2, 0.25) is 0 Å². The van der Waals surface area contributed by atoms with Crippen LogP contribution >= 0.6 is 22.7 Å². The fourth-order valence-corrected chi connectivity index (χ4v) is 8.44. The summed E-state index contributed by atoms with van der Waals surface area (Å²) in [6.07, 6.45) is 1.91. The zero-order valence-electron chi connectivity index (χ0n) is 22.4. The van der Waals surface area contributed by atoms with Crippen molar-refractivity contribution in [2.24, 2.45) is 0 Å². The Balaban J connectivity index is 1.09. The number of benzene rings is 6. The lowest BCUT2D eigenvalue weighted by atomic mass is 9.98. The standard InChI is InChI=1S/C38H22N2S2/c1-2-10-28-24(7-1)19-20-32-35-38(42-37(28)32)39-22-33(40-35)27-9-5-8-26(21-27)23-15-17-25(18-16-23)29-12-6-13-31-30-11-3-4-14-34(30)41-36(29)31/h1-22H. The second-order valence-electron chi connectivity index (χ2n) is 10.6. The van der Waals surface area contributed by atoms with Gasteiger partial charge in [0.1, 0.15) is 10.3 Å². The Labute approximate surface area is 250 Å². The van der Waals surface area contributed by atoms with Crippen molar-refractivity contribution in [2.45, 2.75) is 0 Å². The van der Waals surface area contributed by atoms with Gasteiger partial charge in [0.25, 0.3) is 0 Å². The monoisotopic (exact) mass is 570 g/mol. The van der Waals surface area contributed by atoms with Crippen molar-refractivity contribution in [2.75, 3.05) is 0 Å². The fourth-order valence-electron chi connectivity index (χ4n) is 6.08. The van der Waals surface area contributed by atoms with Crippen molar-refractivity contribution in [3.05, 3.63) is 134 Å². The zero-order chi connectivity index (χ0) is 27.6. The fraction of sp³-hybridized carbons (Fsp3) is 0. The quantitative estimate of drug-likeness (QED) is 0.211. The summed E-state index contributed by atoms with van der Waals surface area (Å²) in [4.78, 5) is 10.9. The first-order valence-electron chi connectivity index (χ1n) is 14.0. The number of hydrogen-bond donors (Lipinski definition) is 0. The second kappa shape index (κ2) is 9.31. The van der Waals surface area contributed by atoms with Crippen LogP contribution in [0.2, 0.25) is 0 Å². The molecule has 9 rings (SSSR count). The average Bonchev–Trinajstić information content (AvgIpc) is 3.63. The van der Waals surface area contributed by atoms with Gasteiger partial charge in [0.15, 0.2) is 0 Å². The molecule has 0 saturated heterocycles. The van der Waals surface area contributed by atoms with Gasteiger partial charge in [0.05, 0.1) is 11.9 Å². The molecule has 0 saturated carbocycles. The van der Waals surface area contributed by atoms with Gasteiger partial charge in [-0.2, -0.15) is 0 Å². The van der Waals surface area contributed by atoms with Crippen molar-refractivity contribution in [3.8, 4) is 33.5 Å². The maximum atomic E-state index is 5.12. The minimum absolute atomic E-state index is 0.894. The Kier molecular flexibility index (Phi) is 5.27. The highest BCUT2D eigenvalue weighted by atomic mass is 32.1. The maximum absolute atomic E-state index is 5.12. The van der Waals surface area contributed by atoms with Gasteiger partial charge in [-0.05, 0) is 45.2 Å². The smallest absolute Gasteiger partial charge is 0.143 e. The molecule has 196 valence electrons. The third-order valence-electron chi connectivity index (χ3n) is 8.16. The number of fused-ring (bicyclic) bond motifs is 8. The highest BCUT2D eigenvalue weighted by Crippen LogP contribution is 2.41. The van der Waals surface area contributed by atoms with E-state index in [1.54, 1.807) is 11.3 Å². The van der Waals surface area contributed by atoms with Gasteiger partial charge in [-0.15, -0.1) is 22.7 Å². The van der Waals surface area contributed by atoms with E-state index in [1.807, 2.05) is 17.5 Å². The molecule has 0 aliphatic rings. The minimum atomic E-state index is 0.894. The molecule has 0 aliphatic carbocycles. The van der Waals surface area contributed by atoms with Crippen LogP contribution in [-0.4, -0.2) is 9.97 Å². The molecule has 0 spiro atoms. The van der Waals surface area contributed by atoms with Crippen LogP contribution in [0.15, 0.2) is 134 Å². The van der Waals surface area contributed by atoms with Gasteiger partial charge < -0.3 is 0 Å². The number of nitrogens with zero attached hydrogens (tertiary/aromatic N) is 2. The molecule has 0 radical (unpaired) electrons. The number of thiophene rings is 2. The van der Waals surface area contributed by atoms with Crippen LogP contribution < -0.4 is 0 Å². The summed E-state index contributed by atoms with van der Waals surface area (Å²) in [7, 11) is 0. The van der Waals surface area contributed by atoms with Gasteiger partial charge in [0, 0.05) is 35.8 Å². The van der Waals surface area contributed by atoms with Gasteiger partial charge >= 0.3 is 0 Å². The van der Waals surface area contributed by atoms with E-state index in [1.165, 1.54) is 63.3 Å². The molecular weight excluding hydrogens is 549 g/mol. The Bertz CT molecular complexity index is 2470. The minimum Gasteiger partial charge on any atom is -0.243 e. The summed E-state index contributed by atoms with van der Waals surface area (Å²) < 4.78 is 3.93. The predicted octanol–water partition coefficient (Wildman–Crippen LogP) is 11.4. The molecule has 0 aliphatic heterocycles. The highest BCUT2D eigenvalue weighted by Gasteiger charge is 2.13. The van der Waals surface area contributed by atoms with Gasteiger partial charge in [-0.3, -0.25) is 0 Å². The van der Waals surface area contributed by atoms with E-state index in [0.29, 0.717) is 0 Å². The highest BCUT2D eigenvalue weighted by molar-refractivity contribution is 7.26. The Morgan fingerprint density at radius 1 is 0.476 bits per heavy atom. The molecule has 6 aromatic carbocycles. The lowest BCUT2D eigenvalue weighted by Crippen LogP contribution is -1.87. The summed E-state index contributed by atoms with van der Waals surface area (Å²) >= 11 is 3.60. The van der Waals surface area contributed by atoms with Crippen LogP contribution in [0.4, 0.5) is 0 Å². The van der Waals surface area contributed by atoms with Crippen LogP contribution in [-0.2, 0) is 0 Å². The van der Waals surface area contributed by atoms with E-state index in [0.717, 1.165) is 21.6 Å². The summed E-state index contributed by atoms with van der Waals surface area (Å²) in [5.41, 5.74) is 7.82. The Hall–Kier alpha value is -4.90. The SMILES string of the molecule is c1cc(-c2ccc(-c3cccc4c3sc3ccccc34)cc2)cc(-c2cnc3sc4c5ccccc5ccc4c3n2)c1. The topological polar surface area (TPSA) is 25.8 Å². The molecule has 0 fully saturated rings. The Morgan fingerprint density at radius 2 is 1.24 bits per heavy atom. The Morgan fingerprint density at radius 3 is 2.17 bits per heavy atom. The molecule has 4 heteroatoms. The third-order valence-corrected chi connectivity index (χ3v) is 10.5. The summed E-state index contributed by atoms with van der Waals surface area (Å²) in [5, 5.41) is 6.34. The van der Waals surface area contributed by atoms with E-state index in [9.17, 15) is 0 Å². The number of rotatable bonds is 3. The van der Waals surface area contributed by atoms with Crippen LogP contribution in [0.3, 0.4) is 0 Å². The van der Waals surface area contributed by atoms with Gasteiger partial charge in [-0.1, -0.05) is 115 Å². The van der Waals surface area contributed by atoms with E-state index >= 15 is 0 Å². The van der Waals surface area contributed by atoms with Crippen molar-refractivity contribution < 1.29 is 0 Å². The van der Waals surface area contributed by atoms with Crippen molar-refractivity contribution in [3.63, 3.8) is 0 Å². The molecule has 3 heterocycles. The second-order valence-corrected chi connectivity index (χ2v) is 12.7. The molecule has 0 bridgehead atoms. The van der Waals surface area contributed by atoms with E-state index in [2.05, 4.69) is 127 Å². The molecule has 0 amide bonds. The zero-order valence-corrected chi connectivity index (χ0v) is 24.0. The third kappa shape index (κ3) is 3.69. The maximum Gasteiger partial charge on any atom is 0.143 e. The predicted molar refractivity (Wildman–Crippen MR) is 182 cm³/mol. The molecule has 9 aromatic rings. The van der Waals surface area contributed by atoms with Crippen LogP contribution in [0.25, 0.3) is 84.9 Å². The van der Waals surface area contributed by atoms with E-state index in [4.69, 9.17) is 9.97 Å². The van der Waals surface area contributed by atoms with Crippen molar-refractivity contribution >= 4 is 74.1 Å². The first-order valence-corrected chi connectivity index (χ1v) is 15.6.